The summed E-state index contributed by atoms with van der Waals surface area (Å²) in [6, 6.07) is 12.9. The fourth-order valence-electron chi connectivity index (χ4n) is 2.80. The average Bonchev–Trinajstić information content (AvgIpc) is 2.80. The van der Waals surface area contributed by atoms with Crippen molar-refractivity contribution >= 4 is 22.4 Å². The minimum Gasteiger partial charge on any atom is -0.480 e. The monoisotopic (exact) mass is 257 g/mol. The van der Waals surface area contributed by atoms with Crippen LogP contribution >= 0.6 is 0 Å². The zero-order valence-corrected chi connectivity index (χ0v) is 10.4. The lowest BCUT2D eigenvalue weighted by Crippen LogP contribution is -2.42. The standard InChI is InChI=1S/C15H15NO3/c17-13-8-9-16(14(13)15(18)19)12-7-3-5-10-4-1-2-6-11(10)12/h1-7,13-14,17H,8-9H2,(H,18,19)/t13?,14-/m0/s1. The maximum Gasteiger partial charge on any atom is 0.329 e. The van der Waals surface area contributed by atoms with Crippen LogP contribution in [0.1, 0.15) is 6.42 Å². The Balaban J connectivity index is 2.11. The van der Waals surface area contributed by atoms with Gasteiger partial charge in [0.05, 0.1) is 6.10 Å². The smallest absolute Gasteiger partial charge is 0.329 e. The third kappa shape index (κ3) is 1.94. The second-order valence-corrected chi connectivity index (χ2v) is 4.83. The number of aliphatic carboxylic acids is 1. The summed E-state index contributed by atoms with van der Waals surface area (Å²) >= 11 is 0. The van der Waals surface area contributed by atoms with Gasteiger partial charge in [-0.2, -0.15) is 0 Å². The van der Waals surface area contributed by atoms with Crippen molar-refractivity contribution in [2.45, 2.75) is 18.6 Å². The second-order valence-electron chi connectivity index (χ2n) is 4.83. The predicted molar refractivity (Wildman–Crippen MR) is 73.3 cm³/mol. The van der Waals surface area contributed by atoms with Crippen molar-refractivity contribution in [3.63, 3.8) is 0 Å². The topological polar surface area (TPSA) is 60.8 Å². The quantitative estimate of drug-likeness (QED) is 0.862. The Bertz CT molecular complexity index is 620. The van der Waals surface area contributed by atoms with Crippen LogP contribution in [0.25, 0.3) is 10.8 Å². The Kier molecular flexibility index (Phi) is 2.87. The van der Waals surface area contributed by atoms with Gasteiger partial charge < -0.3 is 15.1 Å². The summed E-state index contributed by atoms with van der Waals surface area (Å²) in [7, 11) is 0. The number of benzene rings is 2. The van der Waals surface area contributed by atoms with E-state index in [4.69, 9.17) is 0 Å². The molecule has 2 aromatic carbocycles. The number of rotatable bonds is 2. The van der Waals surface area contributed by atoms with Gasteiger partial charge in [-0.1, -0.05) is 36.4 Å². The molecule has 0 amide bonds. The number of nitrogens with zero attached hydrogens (tertiary/aromatic N) is 1. The Morgan fingerprint density at radius 2 is 1.89 bits per heavy atom. The normalized spacial score (nSPS) is 22.9. The molecule has 3 rings (SSSR count). The molecule has 0 saturated carbocycles. The van der Waals surface area contributed by atoms with Gasteiger partial charge in [0.25, 0.3) is 0 Å². The molecule has 0 radical (unpaired) electrons. The van der Waals surface area contributed by atoms with Crippen LogP contribution in [0.5, 0.6) is 0 Å². The average molecular weight is 257 g/mol. The highest BCUT2D eigenvalue weighted by molar-refractivity contribution is 5.96. The number of carboxylic acids is 1. The molecule has 19 heavy (non-hydrogen) atoms. The second kappa shape index (κ2) is 4.55. The molecule has 4 nitrogen and oxygen atoms in total. The maximum atomic E-state index is 11.3. The van der Waals surface area contributed by atoms with E-state index in [-0.39, 0.29) is 0 Å². The Morgan fingerprint density at radius 3 is 2.68 bits per heavy atom. The molecule has 2 atom stereocenters. The summed E-state index contributed by atoms with van der Waals surface area (Å²) in [6.07, 6.45) is -0.323. The van der Waals surface area contributed by atoms with Crippen LogP contribution in [0.3, 0.4) is 0 Å². The molecule has 2 aromatic rings. The van der Waals surface area contributed by atoms with E-state index in [1.54, 1.807) is 4.90 Å². The van der Waals surface area contributed by atoms with Gasteiger partial charge in [0.1, 0.15) is 0 Å². The highest BCUT2D eigenvalue weighted by atomic mass is 16.4. The Morgan fingerprint density at radius 1 is 1.16 bits per heavy atom. The predicted octanol–water partition coefficient (Wildman–Crippen LogP) is 1.86. The first kappa shape index (κ1) is 12.0. The van der Waals surface area contributed by atoms with Crippen LogP contribution in [0.4, 0.5) is 5.69 Å². The van der Waals surface area contributed by atoms with E-state index in [1.165, 1.54) is 0 Å². The van der Waals surface area contributed by atoms with Crippen LogP contribution < -0.4 is 4.90 Å². The molecular formula is C15H15NO3. The highest BCUT2D eigenvalue weighted by Crippen LogP contribution is 2.32. The lowest BCUT2D eigenvalue weighted by atomic mass is 10.1. The number of carbonyl (C=O) groups is 1. The van der Waals surface area contributed by atoms with Gasteiger partial charge in [-0.15, -0.1) is 0 Å². The summed E-state index contributed by atoms with van der Waals surface area (Å²) in [6.45, 7) is 0.562. The van der Waals surface area contributed by atoms with E-state index in [9.17, 15) is 15.0 Å². The van der Waals surface area contributed by atoms with E-state index >= 15 is 0 Å². The summed E-state index contributed by atoms with van der Waals surface area (Å²) in [4.78, 5) is 13.1. The van der Waals surface area contributed by atoms with E-state index in [0.717, 1.165) is 16.5 Å². The van der Waals surface area contributed by atoms with Crippen molar-refractivity contribution in [1.29, 1.82) is 0 Å². The van der Waals surface area contributed by atoms with Crippen molar-refractivity contribution in [2.75, 3.05) is 11.4 Å². The minimum atomic E-state index is -0.974. The third-order valence-electron chi connectivity index (χ3n) is 3.70. The number of carboxylic acid groups (broad SMARTS) is 1. The lowest BCUT2D eigenvalue weighted by molar-refractivity contribution is -0.140. The SMILES string of the molecule is O=C(O)[C@@H]1C(O)CCN1c1cccc2ccccc12. The number of fused-ring (bicyclic) bond motifs is 1. The first-order valence-corrected chi connectivity index (χ1v) is 6.34. The highest BCUT2D eigenvalue weighted by Gasteiger charge is 2.38. The van der Waals surface area contributed by atoms with Crippen LogP contribution in [-0.4, -0.2) is 34.9 Å². The van der Waals surface area contributed by atoms with Gasteiger partial charge in [-0.3, -0.25) is 0 Å². The van der Waals surface area contributed by atoms with Crippen LogP contribution in [0.2, 0.25) is 0 Å². The summed E-state index contributed by atoms with van der Waals surface area (Å²) in [5.41, 5.74) is 0.877. The lowest BCUT2D eigenvalue weighted by Gasteiger charge is -2.26. The molecule has 1 saturated heterocycles. The maximum absolute atomic E-state index is 11.3. The minimum absolute atomic E-state index is 0.486. The van der Waals surface area contributed by atoms with Gasteiger partial charge in [0.15, 0.2) is 6.04 Å². The molecule has 1 fully saturated rings. The molecule has 0 aromatic heterocycles. The molecule has 98 valence electrons. The number of anilines is 1. The summed E-state index contributed by atoms with van der Waals surface area (Å²) in [5.74, 6) is -0.974. The molecule has 1 aliphatic rings. The fourth-order valence-corrected chi connectivity index (χ4v) is 2.80. The van der Waals surface area contributed by atoms with Gasteiger partial charge in [-0.05, 0) is 17.9 Å². The van der Waals surface area contributed by atoms with Crippen LogP contribution in [0, 0.1) is 0 Å². The van der Waals surface area contributed by atoms with Gasteiger partial charge in [0.2, 0.25) is 0 Å². The molecule has 0 aliphatic carbocycles. The van der Waals surface area contributed by atoms with Gasteiger partial charge >= 0.3 is 5.97 Å². The zero-order valence-electron chi connectivity index (χ0n) is 10.4. The first-order valence-electron chi connectivity index (χ1n) is 6.34. The number of aliphatic hydroxyl groups excluding tert-OH is 1. The van der Waals surface area contributed by atoms with Crippen molar-refractivity contribution < 1.29 is 15.0 Å². The van der Waals surface area contributed by atoms with Crippen molar-refractivity contribution in [2.24, 2.45) is 0 Å². The number of hydrogen-bond donors (Lipinski definition) is 2. The van der Waals surface area contributed by atoms with Crippen LogP contribution in [-0.2, 0) is 4.79 Å². The molecule has 1 aliphatic heterocycles. The van der Waals surface area contributed by atoms with E-state index in [0.29, 0.717) is 13.0 Å². The first-order chi connectivity index (χ1) is 9.18. The van der Waals surface area contributed by atoms with E-state index in [2.05, 4.69) is 0 Å². The molecule has 1 unspecified atom stereocenters. The summed E-state index contributed by atoms with van der Waals surface area (Å²) in [5, 5.41) is 21.2. The number of hydrogen-bond acceptors (Lipinski definition) is 3. The van der Waals surface area contributed by atoms with Crippen molar-refractivity contribution in [3.05, 3.63) is 42.5 Å². The zero-order chi connectivity index (χ0) is 13.4. The molecule has 0 bridgehead atoms. The molecular weight excluding hydrogens is 242 g/mol. The number of aliphatic hydroxyl groups is 1. The Labute approximate surface area is 110 Å². The van der Waals surface area contributed by atoms with Gasteiger partial charge in [-0.25, -0.2) is 4.79 Å². The van der Waals surface area contributed by atoms with Crippen molar-refractivity contribution in [1.82, 2.24) is 0 Å². The third-order valence-corrected chi connectivity index (χ3v) is 3.70. The Hall–Kier alpha value is -2.07. The molecule has 2 N–H and O–H groups in total. The van der Waals surface area contributed by atoms with E-state index < -0.39 is 18.1 Å². The van der Waals surface area contributed by atoms with Crippen molar-refractivity contribution in [3.8, 4) is 0 Å². The van der Waals surface area contributed by atoms with E-state index in [1.807, 2.05) is 42.5 Å². The molecule has 1 heterocycles. The fraction of sp³-hybridized carbons (Fsp3) is 0.267. The van der Waals surface area contributed by atoms with Crippen LogP contribution in [0.15, 0.2) is 42.5 Å². The summed E-state index contributed by atoms with van der Waals surface area (Å²) < 4.78 is 0. The van der Waals surface area contributed by atoms with Gasteiger partial charge in [0, 0.05) is 17.6 Å². The molecule has 4 heteroatoms. The largest absolute Gasteiger partial charge is 0.480 e. The molecule has 0 spiro atoms.